The fraction of sp³-hybridized carbons (Fsp3) is 0.370. The zero-order valence-corrected chi connectivity index (χ0v) is 18.3. The zero-order valence-electron chi connectivity index (χ0n) is 18.3. The molecule has 31 heavy (non-hydrogen) atoms. The van der Waals surface area contributed by atoms with Crippen molar-refractivity contribution in [3.63, 3.8) is 0 Å². The lowest BCUT2D eigenvalue weighted by molar-refractivity contribution is -0.130. The Morgan fingerprint density at radius 3 is 2.55 bits per heavy atom. The summed E-state index contributed by atoms with van der Waals surface area (Å²) in [6.45, 7) is 5.55. The molecule has 0 spiro atoms. The van der Waals surface area contributed by atoms with Crippen molar-refractivity contribution >= 4 is 16.7 Å². The van der Waals surface area contributed by atoms with E-state index < -0.39 is 0 Å². The SMILES string of the molecule is COc1ccc([C@H]2CN(C(C)=O)[C@@H]3CCN(Cc4cccc5ccccc45)C[C@H]23)cc1. The first-order valence-electron chi connectivity index (χ1n) is 11.2. The molecule has 2 saturated heterocycles. The van der Waals surface area contributed by atoms with Gasteiger partial charge in [0, 0.05) is 51.0 Å². The summed E-state index contributed by atoms with van der Waals surface area (Å²) in [7, 11) is 1.70. The van der Waals surface area contributed by atoms with Crippen LogP contribution in [0.4, 0.5) is 0 Å². The van der Waals surface area contributed by atoms with Crippen molar-refractivity contribution in [2.24, 2.45) is 5.92 Å². The fourth-order valence-corrected chi connectivity index (χ4v) is 5.69. The lowest BCUT2D eigenvalue weighted by Gasteiger charge is -2.39. The molecule has 0 saturated carbocycles. The van der Waals surface area contributed by atoms with Gasteiger partial charge < -0.3 is 9.64 Å². The van der Waals surface area contributed by atoms with E-state index in [0.29, 0.717) is 17.9 Å². The number of benzene rings is 3. The average Bonchev–Trinajstić information content (AvgIpc) is 3.19. The van der Waals surface area contributed by atoms with Crippen molar-refractivity contribution in [2.75, 3.05) is 26.7 Å². The summed E-state index contributed by atoms with van der Waals surface area (Å²) < 4.78 is 5.34. The molecule has 3 aromatic rings. The molecule has 5 rings (SSSR count). The molecule has 1 amide bonds. The van der Waals surface area contributed by atoms with Crippen LogP contribution in [0.15, 0.2) is 66.7 Å². The highest BCUT2D eigenvalue weighted by molar-refractivity contribution is 5.85. The van der Waals surface area contributed by atoms with Crippen LogP contribution in [0.25, 0.3) is 10.8 Å². The van der Waals surface area contributed by atoms with Gasteiger partial charge in [0.1, 0.15) is 5.75 Å². The van der Waals surface area contributed by atoms with Gasteiger partial charge in [-0.2, -0.15) is 0 Å². The predicted molar refractivity (Wildman–Crippen MR) is 124 cm³/mol. The van der Waals surface area contributed by atoms with E-state index in [-0.39, 0.29) is 5.91 Å². The summed E-state index contributed by atoms with van der Waals surface area (Å²) in [6.07, 6.45) is 1.04. The third kappa shape index (κ3) is 3.81. The minimum atomic E-state index is 0.202. The molecule has 4 nitrogen and oxygen atoms in total. The molecule has 2 aliphatic heterocycles. The Morgan fingerprint density at radius 2 is 1.77 bits per heavy atom. The number of rotatable bonds is 4. The Labute approximate surface area is 184 Å². The Morgan fingerprint density at radius 1 is 1.00 bits per heavy atom. The maximum atomic E-state index is 12.4. The summed E-state index contributed by atoms with van der Waals surface area (Å²) in [5.41, 5.74) is 2.70. The van der Waals surface area contributed by atoms with E-state index in [1.54, 1.807) is 14.0 Å². The second-order valence-corrected chi connectivity index (χ2v) is 8.94. The maximum Gasteiger partial charge on any atom is 0.219 e. The molecule has 160 valence electrons. The van der Waals surface area contributed by atoms with Gasteiger partial charge in [-0.25, -0.2) is 0 Å². The van der Waals surface area contributed by atoms with E-state index >= 15 is 0 Å². The van der Waals surface area contributed by atoms with Crippen molar-refractivity contribution in [3.8, 4) is 5.75 Å². The van der Waals surface area contributed by atoms with Gasteiger partial charge in [0.25, 0.3) is 0 Å². The van der Waals surface area contributed by atoms with E-state index in [4.69, 9.17) is 4.74 Å². The molecule has 0 unspecified atom stereocenters. The highest BCUT2D eigenvalue weighted by Gasteiger charge is 2.46. The van der Waals surface area contributed by atoms with Gasteiger partial charge >= 0.3 is 0 Å². The lowest BCUT2D eigenvalue weighted by Crippen LogP contribution is -2.47. The van der Waals surface area contributed by atoms with Gasteiger partial charge in [-0.05, 0) is 40.5 Å². The topological polar surface area (TPSA) is 32.8 Å². The van der Waals surface area contributed by atoms with Crippen LogP contribution in [-0.4, -0.2) is 48.5 Å². The van der Waals surface area contributed by atoms with Crippen LogP contribution in [0.2, 0.25) is 0 Å². The highest BCUT2D eigenvalue weighted by atomic mass is 16.5. The number of methoxy groups -OCH3 is 1. The molecule has 0 bridgehead atoms. The van der Waals surface area contributed by atoms with Gasteiger partial charge in [0.2, 0.25) is 5.91 Å². The molecule has 4 heteroatoms. The number of ether oxygens (including phenoxy) is 1. The van der Waals surface area contributed by atoms with Crippen molar-refractivity contribution < 1.29 is 9.53 Å². The number of fused-ring (bicyclic) bond motifs is 2. The fourth-order valence-electron chi connectivity index (χ4n) is 5.69. The first-order valence-corrected chi connectivity index (χ1v) is 11.2. The first-order chi connectivity index (χ1) is 15.1. The van der Waals surface area contributed by atoms with Gasteiger partial charge in [-0.1, -0.05) is 54.6 Å². The Kier molecular flexibility index (Phi) is 5.41. The Balaban J connectivity index is 1.40. The summed E-state index contributed by atoms with van der Waals surface area (Å²) in [5.74, 6) is 1.91. The van der Waals surface area contributed by atoms with Gasteiger partial charge in [-0.15, -0.1) is 0 Å². The normalized spacial score (nSPS) is 23.7. The van der Waals surface area contributed by atoms with Crippen LogP contribution in [-0.2, 0) is 11.3 Å². The monoisotopic (exact) mass is 414 g/mol. The van der Waals surface area contributed by atoms with E-state index in [0.717, 1.165) is 38.3 Å². The van der Waals surface area contributed by atoms with E-state index in [2.05, 4.69) is 64.4 Å². The summed E-state index contributed by atoms with van der Waals surface area (Å²) in [4.78, 5) is 17.1. The molecule has 3 aromatic carbocycles. The third-order valence-corrected chi connectivity index (χ3v) is 7.24. The summed E-state index contributed by atoms with van der Waals surface area (Å²) in [6, 6.07) is 24.0. The number of hydrogen-bond donors (Lipinski definition) is 0. The van der Waals surface area contributed by atoms with Crippen LogP contribution < -0.4 is 4.74 Å². The largest absolute Gasteiger partial charge is 0.497 e. The second kappa shape index (κ2) is 8.35. The molecule has 0 N–H and O–H groups in total. The van der Waals surface area contributed by atoms with Crippen LogP contribution in [0.5, 0.6) is 5.75 Å². The Bertz CT molecular complexity index is 1070. The van der Waals surface area contributed by atoms with Crippen LogP contribution in [0.1, 0.15) is 30.4 Å². The third-order valence-electron chi connectivity index (χ3n) is 7.24. The van der Waals surface area contributed by atoms with Crippen molar-refractivity contribution in [1.29, 1.82) is 0 Å². The maximum absolute atomic E-state index is 12.4. The molecular weight excluding hydrogens is 384 g/mol. The number of hydrogen-bond acceptors (Lipinski definition) is 3. The van der Waals surface area contributed by atoms with Gasteiger partial charge in [0.15, 0.2) is 0 Å². The number of amides is 1. The van der Waals surface area contributed by atoms with E-state index in [9.17, 15) is 4.79 Å². The molecule has 3 atom stereocenters. The minimum absolute atomic E-state index is 0.202. The molecule has 0 aliphatic carbocycles. The number of likely N-dealkylation sites (tertiary alicyclic amines) is 2. The molecule has 2 fully saturated rings. The molecule has 0 radical (unpaired) electrons. The molecular formula is C27H30N2O2. The van der Waals surface area contributed by atoms with E-state index in [1.165, 1.54) is 21.9 Å². The Hall–Kier alpha value is -2.85. The van der Waals surface area contributed by atoms with Gasteiger partial charge in [0.05, 0.1) is 7.11 Å². The average molecular weight is 415 g/mol. The van der Waals surface area contributed by atoms with Crippen LogP contribution in [0, 0.1) is 5.92 Å². The molecule has 2 aliphatic rings. The van der Waals surface area contributed by atoms with Gasteiger partial charge in [-0.3, -0.25) is 9.69 Å². The minimum Gasteiger partial charge on any atom is -0.497 e. The van der Waals surface area contributed by atoms with Crippen LogP contribution >= 0.6 is 0 Å². The van der Waals surface area contributed by atoms with Crippen molar-refractivity contribution in [1.82, 2.24) is 9.80 Å². The highest BCUT2D eigenvalue weighted by Crippen LogP contribution is 2.42. The summed E-state index contributed by atoms with van der Waals surface area (Å²) in [5, 5.41) is 2.64. The smallest absolute Gasteiger partial charge is 0.219 e. The number of carbonyl (C=O) groups is 1. The molecule has 2 heterocycles. The quantitative estimate of drug-likeness (QED) is 0.621. The predicted octanol–water partition coefficient (Wildman–Crippen LogP) is 4.68. The number of carbonyl (C=O) groups excluding carboxylic acids is 1. The standard InChI is InChI=1S/C27H30N2O2/c1-19(30)29-18-25(21-10-12-23(31-2)13-11-21)26-17-28(15-14-27(26)29)16-22-8-5-7-20-6-3-4-9-24(20)22/h3-13,25-27H,14-18H2,1-2H3/t25-,26-,27-/m1/s1. The van der Waals surface area contributed by atoms with Crippen molar-refractivity contribution in [3.05, 3.63) is 77.9 Å². The number of piperidine rings is 1. The number of nitrogens with zero attached hydrogens (tertiary/aromatic N) is 2. The zero-order chi connectivity index (χ0) is 21.4. The van der Waals surface area contributed by atoms with Crippen molar-refractivity contribution in [2.45, 2.75) is 31.8 Å². The molecule has 0 aromatic heterocycles. The van der Waals surface area contributed by atoms with Crippen LogP contribution in [0.3, 0.4) is 0 Å². The summed E-state index contributed by atoms with van der Waals surface area (Å²) >= 11 is 0. The van der Waals surface area contributed by atoms with E-state index in [1.807, 2.05) is 12.1 Å². The first kappa shape index (κ1) is 20.1. The lowest BCUT2D eigenvalue weighted by atomic mass is 9.81. The second-order valence-electron chi connectivity index (χ2n) is 8.94.